The van der Waals surface area contributed by atoms with Crippen molar-refractivity contribution in [1.29, 1.82) is 0 Å². The first-order chi connectivity index (χ1) is 9.45. The predicted molar refractivity (Wildman–Crippen MR) is 72.3 cm³/mol. The molecule has 0 saturated heterocycles. The largest absolute Gasteiger partial charge is 0.496 e. The maximum Gasteiger partial charge on any atom is 0.198 e. The molecule has 2 nitrogen and oxygen atoms in total. The van der Waals surface area contributed by atoms with Crippen LogP contribution in [0.2, 0.25) is 0 Å². The normalized spacial score (nSPS) is 10.4. The van der Waals surface area contributed by atoms with Gasteiger partial charge in [-0.1, -0.05) is 6.07 Å². The molecular weight excluding hydrogens is 262 g/mol. The summed E-state index contributed by atoms with van der Waals surface area (Å²) in [6.07, 6.45) is 0. The molecule has 0 bridgehead atoms. The topological polar surface area (TPSA) is 26.3 Å². The third-order valence-corrected chi connectivity index (χ3v) is 3.12. The summed E-state index contributed by atoms with van der Waals surface area (Å²) < 4.78 is 32.5. The summed E-state index contributed by atoms with van der Waals surface area (Å²) in [5, 5.41) is 0. The van der Waals surface area contributed by atoms with Crippen LogP contribution in [-0.2, 0) is 0 Å². The van der Waals surface area contributed by atoms with Gasteiger partial charge >= 0.3 is 0 Å². The van der Waals surface area contributed by atoms with Crippen LogP contribution in [0.4, 0.5) is 8.78 Å². The first kappa shape index (κ1) is 14.2. The van der Waals surface area contributed by atoms with Gasteiger partial charge in [0.2, 0.25) is 0 Å². The van der Waals surface area contributed by atoms with Crippen LogP contribution in [0, 0.1) is 25.5 Å². The van der Waals surface area contributed by atoms with E-state index in [-0.39, 0.29) is 5.56 Å². The number of hydrogen-bond acceptors (Lipinski definition) is 2. The summed E-state index contributed by atoms with van der Waals surface area (Å²) in [5.41, 5.74) is 1.20. The fraction of sp³-hybridized carbons (Fsp3) is 0.188. The Bertz CT molecular complexity index is 635. The third-order valence-electron chi connectivity index (χ3n) is 3.12. The number of halogens is 2. The average Bonchev–Trinajstić information content (AvgIpc) is 2.37. The van der Waals surface area contributed by atoms with Crippen molar-refractivity contribution in [1.82, 2.24) is 0 Å². The molecule has 0 amide bonds. The highest BCUT2D eigenvalue weighted by Gasteiger charge is 2.20. The van der Waals surface area contributed by atoms with Crippen LogP contribution in [0.5, 0.6) is 5.75 Å². The zero-order valence-corrected chi connectivity index (χ0v) is 11.5. The van der Waals surface area contributed by atoms with E-state index in [4.69, 9.17) is 4.74 Å². The number of carbonyl (C=O) groups is 1. The van der Waals surface area contributed by atoms with E-state index >= 15 is 0 Å². The number of hydrogen-bond donors (Lipinski definition) is 0. The number of carbonyl (C=O) groups excluding carboxylic acids is 1. The Morgan fingerprint density at radius 1 is 1.05 bits per heavy atom. The standard InChI is InChI=1S/C16H14F2O2/c1-9-7-11(8-10(2)16(9)20-3)15(19)14-12(17)5-4-6-13(14)18/h4-8H,1-3H3. The van der Waals surface area contributed by atoms with Gasteiger partial charge in [-0.05, 0) is 49.2 Å². The Labute approximate surface area is 116 Å². The molecule has 0 unspecified atom stereocenters. The minimum absolute atomic E-state index is 0.241. The highest BCUT2D eigenvalue weighted by atomic mass is 19.1. The van der Waals surface area contributed by atoms with Crippen LogP contribution < -0.4 is 4.74 Å². The lowest BCUT2D eigenvalue weighted by Crippen LogP contribution is -2.08. The first-order valence-corrected chi connectivity index (χ1v) is 6.09. The van der Waals surface area contributed by atoms with E-state index < -0.39 is 23.0 Å². The fourth-order valence-electron chi connectivity index (χ4n) is 2.26. The highest BCUT2D eigenvalue weighted by molar-refractivity contribution is 6.09. The Hall–Kier alpha value is -2.23. The van der Waals surface area contributed by atoms with Gasteiger partial charge < -0.3 is 4.74 Å². The zero-order chi connectivity index (χ0) is 14.9. The van der Waals surface area contributed by atoms with E-state index in [1.807, 2.05) is 0 Å². The highest BCUT2D eigenvalue weighted by Crippen LogP contribution is 2.26. The molecule has 0 heterocycles. The van der Waals surface area contributed by atoms with E-state index in [2.05, 4.69) is 0 Å². The van der Waals surface area contributed by atoms with E-state index in [0.29, 0.717) is 5.75 Å². The van der Waals surface area contributed by atoms with Gasteiger partial charge in [-0.3, -0.25) is 4.79 Å². The second-order valence-corrected chi connectivity index (χ2v) is 4.57. The summed E-state index contributed by atoms with van der Waals surface area (Å²) in [4.78, 5) is 12.3. The van der Waals surface area contributed by atoms with Crippen LogP contribution >= 0.6 is 0 Å². The summed E-state index contributed by atoms with van der Waals surface area (Å²) in [6, 6.07) is 6.51. The lowest BCUT2D eigenvalue weighted by atomic mass is 9.98. The van der Waals surface area contributed by atoms with Crippen molar-refractivity contribution in [3.05, 3.63) is 64.2 Å². The quantitative estimate of drug-likeness (QED) is 0.797. The molecule has 2 aromatic carbocycles. The van der Waals surface area contributed by atoms with Crippen molar-refractivity contribution in [2.24, 2.45) is 0 Å². The zero-order valence-electron chi connectivity index (χ0n) is 11.5. The maximum atomic E-state index is 13.6. The van der Waals surface area contributed by atoms with E-state index in [0.717, 1.165) is 23.3 Å². The second-order valence-electron chi connectivity index (χ2n) is 4.57. The molecule has 0 spiro atoms. The molecule has 0 atom stereocenters. The monoisotopic (exact) mass is 276 g/mol. The average molecular weight is 276 g/mol. The molecule has 0 saturated carbocycles. The van der Waals surface area contributed by atoms with Crippen LogP contribution in [0.1, 0.15) is 27.0 Å². The van der Waals surface area contributed by atoms with E-state index in [1.165, 1.54) is 13.2 Å². The summed E-state index contributed by atoms with van der Waals surface area (Å²) >= 11 is 0. The molecule has 2 rings (SSSR count). The maximum absolute atomic E-state index is 13.6. The van der Waals surface area contributed by atoms with Crippen LogP contribution in [0.3, 0.4) is 0 Å². The summed E-state index contributed by atoms with van der Waals surface area (Å²) in [6.45, 7) is 3.56. The van der Waals surface area contributed by atoms with Crippen LogP contribution in [-0.4, -0.2) is 12.9 Å². The number of ether oxygens (including phenoxy) is 1. The molecule has 0 aliphatic heterocycles. The van der Waals surface area contributed by atoms with Crippen molar-refractivity contribution in [2.45, 2.75) is 13.8 Å². The van der Waals surface area contributed by atoms with Crippen molar-refractivity contribution >= 4 is 5.78 Å². The molecular formula is C16H14F2O2. The fourth-order valence-corrected chi connectivity index (χ4v) is 2.26. The molecule has 0 aromatic heterocycles. The molecule has 2 aromatic rings. The molecule has 0 fully saturated rings. The van der Waals surface area contributed by atoms with Gasteiger partial charge in [-0.2, -0.15) is 0 Å². The Morgan fingerprint density at radius 2 is 1.55 bits per heavy atom. The molecule has 4 heteroatoms. The summed E-state index contributed by atoms with van der Waals surface area (Å²) in [7, 11) is 1.54. The predicted octanol–water partition coefficient (Wildman–Crippen LogP) is 3.82. The van der Waals surface area contributed by atoms with Gasteiger partial charge in [-0.25, -0.2) is 8.78 Å². The minimum Gasteiger partial charge on any atom is -0.496 e. The van der Waals surface area contributed by atoms with Gasteiger partial charge in [0, 0.05) is 5.56 Å². The molecule has 104 valence electrons. The summed E-state index contributed by atoms with van der Waals surface area (Å²) in [5.74, 6) is -1.73. The molecule has 0 N–H and O–H groups in total. The Morgan fingerprint density at radius 3 is 2.00 bits per heavy atom. The van der Waals surface area contributed by atoms with Crippen molar-refractivity contribution in [3.8, 4) is 5.75 Å². The number of rotatable bonds is 3. The van der Waals surface area contributed by atoms with Gasteiger partial charge in [0.15, 0.2) is 5.78 Å². The number of aryl methyl sites for hydroxylation is 2. The van der Waals surface area contributed by atoms with E-state index in [1.54, 1.807) is 26.0 Å². The number of ketones is 1. The molecule has 0 aliphatic carbocycles. The molecule has 20 heavy (non-hydrogen) atoms. The van der Waals surface area contributed by atoms with Gasteiger partial charge in [0.05, 0.1) is 12.7 Å². The first-order valence-electron chi connectivity index (χ1n) is 6.09. The minimum atomic E-state index is -0.860. The van der Waals surface area contributed by atoms with Gasteiger partial charge in [0.1, 0.15) is 17.4 Å². The lowest BCUT2D eigenvalue weighted by molar-refractivity contribution is 0.103. The van der Waals surface area contributed by atoms with Crippen LogP contribution in [0.25, 0.3) is 0 Å². The third kappa shape index (κ3) is 2.41. The Balaban J connectivity index is 2.55. The van der Waals surface area contributed by atoms with Crippen molar-refractivity contribution in [3.63, 3.8) is 0 Å². The van der Waals surface area contributed by atoms with Gasteiger partial charge in [0.25, 0.3) is 0 Å². The second kappa shape index (κ2) is 5.41. The smallest absolute Gasteiger partial charge is 0.198 e. The number of benzene rings is 2. The lowest BCUT2D eigenvalue weighted by Gasteiger charge is -2.11. The molecule has 0 radical (unpaired) electrons. The number of methoxy groups -OCH3 is 1. The van der Waals surface area contributed by atoms with Crippen molar-refractivity contribution in [2.75, 3.05) is 7.11 Å². The van der Waals surface area contributed by atoms with Crippen LogP contribution in [0.15, 0.2) is 30.3 Å². The van der Waals surface area contributed by atoms with E-state index in [9.17, 15) is 13.6 Å². The SMILES string of the molecule is COc1c(C)cc(C(=O)c2c(F)cccc2F)cc1C. The molecule has 0 aliphatic rings. The Kier molecular flexibility index (Phi) is 3.84. The van der Waals surface area contributed by atoms with Gasteiger partial charge in [-0.15, -0.1) is 0 Å². The van der Waals surface area contributed by atoms with Crippen molar-refractivity contribution < 1.29 is 18.3 Å².